The Morgan fingerprint density at radius 3 is 1.74 bits per heavy atom. The smallest absolute Gasteiger partial charge is 0.230 e. The number of amides is 2. The molecule has 184 valence electrons. The number of Topliss-reactive ketones (excluding diaryl/α,β-unsaturated/α-hetero) is 2. The van der Waals surface area contributed by atoms with Crippen LogP contribution in [-0.4, -0.2) is 33.3 Å². The minimum atomic E-state index is -0.686. The summed E-state index contributed by atoms with van der Waals surface area (Å²) in [6, 6.07) is 6.04. The standard InChI is InChI=1S/C25H28N4O4S2/c1-12-7-13(2)9-18(8-12)10-19(23(33)29-25-28-22(15(4)31)17(6)35-25)11-20(32)26-24-27-21(14(3)30)16(5)34-24/h7-9,19H,10-11H2,1-6H3,(H,26,27,32)(H,28,29,33)/t19-/m0/s1. The van der Waals surface area contributed by atoms with Gasteiger partial charge in [-0.3, -0.25) is 19.2 Å². The zero-order chi connectivity index (χ0) is 25.9. The Hall–Kier alpha value is -3.24. The summed E-state index contributed by atoms with van der Waals surface area (Å²) in [6.07, 6.45) is 0.262. The summed E-state index contributed by atoms with van der Waals surface area (Å²) in [7, 11) is 0. The molecule has 35 heavy (non-hydrogen) atoms. The molecule has 2 amide bonds. The fourth-order valence-electron chi connectivity index (χ4n) is 3.88. The topological polar surface area (TPSA) is 118 Å². The van der Waals surface area contributed by atoms with E-state index >= 15 is 0 Å². The molecule has 2 heterocycles. The first-order valence-electron chi connectivity index (χ1n) is 11.1. The first kappa shape index (κ1) is 26.4. The Bertz CT molecular complexity index is 1290. The number of benzene rings is 1. The van der Waals surface area contributed by atoms with Crippen LogP contribution in [0.15, 0.2) is 18.2 Å². The van der Waals surface area contributed by atoms with Crippen molar-refractivity contribution in [3.63, 3.8) is 0 Å². The van der Waals surface area contributed by atoms with Crippen LogP contribution in [0.25, 0.3) is 0 Å². The van der Waals surface area contributed by atoms with E-state index in [1.54, 1.807) is 13.8 Å². The molecule has 8 nitrogen and oxygen atoms in total. The summed E-state index contributed by atoms with van der Waals surface area (Å²) in [6.45, 7) is 10.4. The fourth-order valence-corrected chi connectivity index (χ4v) is 5.63. The maximum Gasteiger partial charge on any atom is 0.230 e. The van der Waals surface area contributed by atoms with Gasteiger partial charge in [0.05, 0.1) is 5.92 Å². The second-order valence-corrected chi connectivity index (χ2v) is 11.0. The highest BCUT2D eigenvalue weighted by atomic mass is 32.1. The van der Waals surface area contributed by atoms with E-state index < -0.39 is 5.92 Å². The fraction of sp³-hybridized carbons (Fsp3) is 0.360. The summed E-state index contributed by atoms with van der Waals surface area (Å²) < 4.78 is 0. The van der Waals surface area contributed by atoms with Gasteiger partial charge in [0.2, 0.25) is 11.8 Å². The van der Waals surface area contributed by atoms with Gasteiger partial charge in [-0.25, -0.2) is 9.97 Å². The van der Waals surface area contributed by atoms with Gasteiger partial charge in [-0.1, -0.05) is 29.3 Å². The Morgan fingerprint density at radius 2 is 1.29 bits per heavy atom. The lowest BCUT2D eigenvalue weighted by Crippen LogP contribution is -2.29. The maximum atomic E-state index is 13.2. The molecule has 0 unspecified atom stereocenters. The normalized spacial score (nSPS) is 11.7. The van der Waals surface area contributed by atoms with E-state index in [4.69, 9.17) is 0 Å². The molecule has 3 rings (SSSR count). The van der Waals surface area contributed by atoms with Crippen LogP contribution in [0.1, 0.15) is 67.7 Å². The van der Waals surface area contributed by atoms with Gasteiger partial charge in [-0.05, 0) is 39.7 Å². The van der Waals surface area contributed by atoms with Crippen molar-refractivity contribution in [1.82, 2.24) is 9.97 Å². The number of ketones is 2. The number of hydrogen-bond donors (Lipinski definition) is 2. The summed E-state index contributed by atoms with van der Waals surface area (Å²) >= 11 is 2.44. The van der Waals surface area contributed by atoms with Crippen LogP contribution in [0.5, 0.6) is 0 Å². The molecule has 3 aromatic rings. The highest BCUT2D eigenvalue weighted by Crippen LogP contribution is 2.26. The second-order valence-electron chi connectivity index (χ2n) is 8.60. The van der Waals surface area contributed by atoms with E-state index in [0.717, 1.165) is 26.4 Å². The Kier molecular flexibility index (Phi) is 8.29. The summed E-state index contributed by atoms with van der Waals surface area (Å²) in [5.74, 6) is -1.76. The molecule has 1 aromatic carbocycles. The van der Waals surface area contributed by atoms with Crippen LogP contribution in [0.2, 0.25) is 0 Å². The molecule has 2 aromatic heterocycles. The third-order valence-corrected chi connectivity index (χ3v) is 7.08. The number of carbonyl (C=O) groups excluding carboxylic acids is 4. The number of thiazole rings is 2. The molecular formula is C25H28N4O4S2. The van der Waals surface area contributed by atoms with Crippen LogP contribution in [0, 0.1) is 33.6 Å². The lowest BCUT2D eigenvalue weighted by Gasteiger charge is -2.16. The Labute approximate surface area is 212 Å². The lowest BCUT2D eigenvalue weighted by molar-refractivity contribution is -0.124. The molecule has 10 heteroatoms. The minimum absolute atomic E-state index is 0.0865. The van der Waals surface area contributed by atoms with Crippen molar-refractivity contribution in [2.75, 3.05) is 10.6 Å². The van der Waals surface area contributed by atoms with Crippen LogP contribution in [-0.2, 0) is 16.0 Å². The SMILES string of the molecule is CC(=O)c1nc(NC(=O)C[C@H](Cc2cc(C)cc(C)c2)C(=O)Nc2nc(C(C)=O)c(C)s2)sc1C. The number of hydrogen-bond acceptors (Lipinski definition) is 8. The highest BCUT2D eigenvalue weighted by molar-refractivity contribution is 7.16. The number of carbonyl (C=O) groups is 4. The Morgan fingerprint density at radius 1 is 0.800 bits per heavy atom. The van der Waals surface area contributed by atoms with Gasteiger partial charge in [-0.2, -0.15) is 0 Å². The molecule has 0 aliphatic heterocycles. The number of rotatable bonds is 9. The molecule has 0 bridgehead atoms. The lowest BCUT2D eigenvalue weighted by atomic mass is 9.93. The summed E-state index contributed by atoms with van der Waals surface area (Å²) in [4.78, 5) is 59.4. The van der Waals surface area contributed by atoms with Crippen LogP contribution >= 0.6 is 22.7 Å². The first-order chi connectivity index (χ1) is 16.4. The van der Waals surface area contributed by atoms with Crippen LogP contribution in [0.3, 0.4) is 0 Å². The van der Waals surface area contributed by atoms with E-state index in [0.29, 0.717) is 28.1 Å². The molecule has 1 atom stereocenters. The molecular weight excluding hydrogens is 484 g/mol. The van der Waals surface area contributed by atoms with E-state index in [1.165, 1.54) is 36.5 Å². The third kappa shape index (κ3) is 6.89. The van der Waals surface area contributed by atoms with Crippen molar-refractivity contribution in [2.24, 2.45) is 5.92 Å². The van der Waals surface area contributed by atoms with Gasteiger partial charge in [0.1, 0.15) is 11.4 Å². The molecule has 0 aliphatic carbocycles. The average molecular weight is 513 g/mol. The summed E-state index contributed by atoms with van der Waals surface area (Å²) in [5, 5.41) is 6.15. The average Bonchev–Trinajstić information content (AvgIpc) is 3.28. The number of aryl methyl sites for hydroxylation is 4. The van der Waals surface area contributed by atoms with Crippen LogP contribution in [0.4, 0.5) is 10.3 Å². The molecule has 0 aliphatic rings. The Balaban J connectivity index is 1.81. The minimum Gasteiger partial charge on any atom is -0.302 e. The zero-order valence-corrected chi connectivity index (χ0v) is 22.2. The predicted octanol–water partition coefficient (Wildman–Crippen LogP) is 5.06. The van der Waals surface area contributed by atoms with Crippen LogP contribution < -0.4 is 10.6 Å². The third-order valence-electron chi connectivity index (χ3n) is 5.30. The molecule has 0 spiro atoms. The van der Waals surface area contributed by atoms with Crippen molar-refractivity contribution < 1.29 is 19.2 Å². The van der Waals surface area contributed by atoms with Crippen molar-refractivity contribution >= 4 is 56.3 Å². The molecule has 0 fully saturated rings. The molecule has 2 N–H and O–H groups in total. The van der Waals surface area contributed by atoms with Gasteiger partial charge in [-0.15, -0.1) is 22.7 Å². The van der Waals surface area contributed by atoms with E-state index in [2.05, 4.69) is 20.6 Å². The monoisotopic (exact) mass is 512 g/mol. The summed E-state index contributed by atoms with van der Waals surface area (Å²) in [5.41, 5.74) is 3.74. The van der Waals surface area contributed by atoms with Gasteiger partial charge >= 0.3 is 0 Å². The molecule has 0 radical (unpaired) electrons. The molecule has 0 saturated carbocycles. The zero-order valence-electron chi connectivity index (χ0n) is 20.6. The van der Waals surface area contributed by atoms with Crippen molar-refractivity contribution in [3.05, 3.63) is 56.0 Å². The van der Waals surface area contributed by atoms with Gasteiger partial charge in [0, 0.05) is 30.0 Å². The number of nitrogens with one attached hydrogen (secondary N) is 2. The quantitative estimate of drug-likeness (QED) is 0.387. The van der Waals surface area contributed by atoms with Crippen molar-refractivity contribution in [1.29, 1.82) is 0 Å². The van der Waals surface area contributed by atoms with E-state index in [-0.39, 0.29) is 29.8 Å². The van der Waals surface area contributed by atoms with Crippen molar-refractivity contribution in [3.8, 4) is 0 Å². The molecule has 0 saturated heterocycles. The van der Waals surface area contributed by atoms with Gasteiger partial charge < -0.3 is 10.6 Å². The van der Waals surface area contributed by atoms with Gasteiger partial charge in [0.25, 0.3) is 0 Å². The number of anilines is 2. The van der Waals surface area contributed by atoms with Crippen molar-refractivity contribution in [2.45, 2.75) is 54.4 Å². The first-order valence-corrected chi connectivity index (χ1v) is 12.7. The highest BCUT2D eigenvalue weighted by Gasteiger charge is 2.25. The second kappa shape index (κ2) is 11.0. The largest absolute Gasteiger partial charge is 0.302 e. The maximum absolute atomic E-state index is 13.2. The van der Waals surface area contributed by atoms with E-state index in [9.17, 15) is 19.2 Å². The van der Waals surface area contributed by atoms with E-state index in [1.807, 2.05) is 32.0 Å². The predicted molar refractivity (Wildman–Crippen MR) is 139 cm³/mol. The van der Waals surface area contributed by atoms with Gasteiger partial charge in [0.15, 0.2) is 21.8 Å². The number of nitrogens with zero attached hydrogens (tertiary/aromatic N) is 2. The number of aromatic nitrogens is 2.